The lowest BCUT2D eigenvalue weighted by atomic mass is 10.0. The van der Waals surface area contributed by atoms with E-state index in [9.17, 15) is 0 Å². The molecule has 2 aromatic heterocycles. The highest BCUT2D eigenvalue weighted by atomic mass is 15.5. The third-order valence-corrected chi connectivity index (χ3v) is 5.17. The number of nitrogens with one attached hydrogen (secondary N) is 1. The lowest BCUT2D eigenvalue weighted by molar-refractivity contribution is 0.644. The van der Waals surface area contributed by atoms with Crippen molar-refractivity contribution in [1.29, 1.82) is 0 Å². The molecular weight excluding hydrogens is 398 g/mol. The van der Waals surface area contributed by atoms with Crippen molar-refractivity contribution >= 4 is 0 Å². The molecule has 0 saturated carbocycles. The van der Waals surface area contributed by atoms with Crippen LogP contribution in [0.4, 0.5) is 0 Å². The standard InChI is InChI=1S/C25H27N7/c1-3-5-10-23-26-24(11-6-4-2)32(29-23)18-20-14-12-19(13-15-20)16-21-8-7-9-22(17-21)25-27-30-31-28-25/h3-9,12-15,17H,10-11,16,18H2,1-2H3,(H,27,28,30,31). The number of hydrogen-bond donors (Lipinski definition) is 1. The fourth-order valence-corrected chi connectivity index (χ4v) is 3.52. The van der Waals surface area contributed by atoms with Gasteiger partial charge in [-0.3, -0.25) is 0 Å². The van der Waals surface area contributed by atoms with E-state index in [0.717, 1.165) is 36.5 Å². The fourth-order valence-electron chi connectivity index (χ4n) is 3.52. The van der Waals surface area contributed by atoms with Gasteiger partial charge in [0.15, 0.2) is 11.6 Å². The Hall–Kier alpha value is -3.87. The van der Waals surface area contributed by atoms with Crippen molar-refractivity contribution in [3.05, 3.63) is 101 Å². The van der Waals surface area contributed by atoms with Crippen LogP contribution in [0.1, 0.15) is 42.2 Å². The van der Waals surface area contributed by atoms with E-state index in [1.54, 1.807) is 0 Å². The second-order valence-corrected chi connectivity index (χ2v) is 7.59. The summed E-state index contributed by atoms with van der Waals surface area (Å²) in [4.78, 5) is 4.72. The maximum atomic E-state index is 4.72. The van der Waals surface area contributed by atoms with E-state index in [1.807, 2.05) is 42.8 Å². The minimum atomic E-state index is 0.678. The Bertz CT molecular complexity index is 1190. The Kier molecular flexibility index (Phi) is 6.97. The molecule has 0 radical (unpaired) electrons. The van der Waals surface area contributed by atoms with Gasteiger partial charge in [-0.15, -0.1) is 5.10 Å². The topological polar surface area (TPSA) is 85.2 Å². The third kappa shape index (κ3) is 5.43. The Morgan fingerprint density at radius 1 is 0.906 bits per heavy atom. The summed E-state index contributed by atoms with van der Waals surface area (Å²) in [5.41, 5.74) is 4.66. The molecule has 0 spiro atoms. The summed E-state index contributed by atoms with van der Waals surface area (Å²) in [6.07, 6.45) is 10.7. The van der Waals surface area contributed by atoms with Gasteiger partial charge < -0.3 is 0 Å². The monoisotopic (exact) mass is 425 g/mol. The first-order valence-electron chi connectivity index (χ1n) is 10.8. The molecule has 0 bridgehead atoms. The number of aromatic amines is 1. The normalized spacial score (nSPS) is 11.7. The maximum absolute atomic E-state index is 4.72. The number of hydrogen-bond acceptors (Lipinski definition) is 5. The second kappa shape index (κ2) is 10.4. The lowest BCUT2D eigenvalue weighted by Crippen LogP contribution is -2.07. The predicted octanol–water partition coefficient (Wildman–Crippen LogP) is 4.33. The SMILES string of the molecule is CC=CCc1nc(CC=CC)n(Cc2ccc(Cc3cccc(-c4nnn[nH]4)c3)cc2)n1. The van der Waals surface area contributed by atoms with Crippen LogP contribution in [-0.2, 0) is 25.8 Å². The van der Waals surface area contributed by atoms with Gasteiger partial charge in [0, 0.05) is 18.4 Å². The first-order valence-corrected chi connectivity index (χ1v) is 10.8. The molecular formula is C25H27N7. The van der Waals surface area contributed by atoms with Gasteiger partial charge in [-0.25, -0.2) is 14.8 Å². The van der Waals surface area contributed by atoms with Crippen LogP contribution >= 0.6 is 0 Å². The van der Waals surface area contributed by atoms with Crippen LogP contribution in [0.5, 0.6) is 0 Å². The van der Waals surface area contributed by atoms with Crippen LogP contribution in [0, 0.1) is 0 Å². The molecule has 4 rings (SSSR count). The van der Waals surface area contributed by atoms with Crippen molar-refractivity contribution in [3.8, 4) is 11.4 Å². The van der Waals surface area contributed by atoms with Gasteiger partial charge in [-0.05, 0) is 53.5 Å². The fraction of sp³-hybridized carbons (Fsp3) is 0.240. The summed E-state index contributed by atoms with van der Waals surface area (Å²) < 4.78 is 2.02. The minimum Gasteiger partial charge on any atom is -0.245 e. The van der Waals surface area contributed by atoms with Gasteiger partial charge in [0.25, 0.3) is 0 Å². The summed E-state index contributed by atoms with van der Waals surface area (Å²) in [5.74, 6) is 2.53. The average Bonchev–Trinajstić information content (AvgIpc) is 3.48. The average molecular weight is 426 g/mol. The van der Waals surface area contributed by atoms with E-state index in [2.05, 4.69) is 69.2 Å². The quantitative estimate of drug-likeness (QED) is 0.403. The highest BCUT2D eigenvalue weighted by Crippen LogP contribution is 2.18. The van der Waals surface area contributed by atoms with E-state index in [-0.39, 0.29) is 0 Å². The Labute approximate surface area is 187 Å². The highest BCUT2D eigenvalue weighted by Gasteiger charge is 2.09. The summed E-state index contributed by atoms with van der Waals surface area (Å²) in [6.45, 7) is 4.75. The van der Waals surface area contributed by atoms with Crippen molar-refractivity contribution in [3.63, 3.8) is 0 Å². The second-order valence-electron chi connectivity index (χ2n) is 7.59. The van der Waals surface area contributed by atoms with Crippen LogP contribution in [0.2, 0.25) is 0 Å². The summed E-state index contributed by atoms with van der Waals surface area (Å²) in [6, 6.07) is 17.0. The van der Waals surface area contributed by atoms with Gasteiger partial charge in [-0.2, -0.15) is 5.10 Å². The maximum Gasteiger partial charge on any atom is 0.179 e. The van der Waals surface area contributed by atoms with E-state index in [4.69, 9.17) is 10.1 Å². The molecule has 0 unspecified atom stereocenters. The molecule has 0 atom stereocenters. The van der Waals surface area contributed by atoms with Crippen LogP contribution in [0.3, 0.4) is 0 Å². The van der Waals surface area contributed by atoms with Crippen LogP contribution in [-0.4, -0.2) is 35.4 Å². The Morgan fingerprint density at radius 3 is 2.44 bits per heavy atom. The van der Waals surface area contributed by atoms with Gasteiger partial charge in [0.05, 0.1) is 6.54 Å². The third-order valence-electron chi connectivity index (χ3n) is 5.17. The number of benzene rings is 2. The molecule has 162 valence electrons. The molecule has 7 heteroatoms. The van der Waals surface area contributed by atoms with Crippen LogP contribution in [0.25, 0.3) is 11.4 Å². The van der Waals surface area contributed by atoms with Crippen LogP contribution < -0.4 is 0 Å². The van der Waals surface area contributed by atoms with Crippen molar-refractivity contribution in [2.45, 2.75) is 39.7 Å². The van der Waals surface area contributed by atoms with E-state index in [1.165, 1.54) is 16.7 Å². The molecule has 2 aromatic carbocycles. The minimum absolute atomic E-state index is 0.678. The molecule has 0 saturated heterocycles. The molecule has 0 amide bonds. The molecule has 1 N–H and O–H groups in total. The largest absolute Gasteiger partial charge is 0.245 e. The number of allylic oxidation sites excluding steroid dienone is 4. The number of rotatable bonds is 9. The molecule has 7 nitrogen and oxygen atoms in total. The van der Waals surface area contributed by atoms with E-state index >= 15 is 0 Å². The van der Waals surface area contributed by atoms with Gasteiger partial charge in [-0.1, -0.05) is 66.8 Å². The van der Waals surface area contributed by atoms with Crippen molar-refractivity contribution in [2.24, 2.45) is 0 Å². The van der Waals surface area contributed by atoms with E-state index in [0.29, 0.717) is 12.4 Å². The number of aromatic nitrogens is 7. The van der Waals surface area contributed by atoms with Gasteiger partial charge >= 0.3 is 0 Å². The summed E-state index contributed by atoms with van der Waals surface area (Å²) >= 11 is 0. The predicted molar refractivity (Wildman–Crippen MR) is 125 cm³/mol. The molecule has 0 aliphatic heterocycles. The molecule has 0 fully saturated rings. The zero-order valence-corrected chi connectivity index (χ0v) is 18.4. The molecule has 2 heterocycles. The Balaban J connectivity index is 1.46. The molecule has 32 heavy (non-hydrogen) atoms. The van der Waals surface area contributed by atoms with E-state index < -0.39 is 0 Å². The molecule has 0 aliphatic rings. The molecule has 4 aromatic rings. The first-order chi connectivity index (χ1) is 15.7. The highest BCUT2D eigenvalue weighted by molar-refractivity contribution is 5.55. The van der Waals surface area contributed by atoms with Gasteiger partial charge in [0.2, 0.25) is 0 Å². The number of tetrazole rings is 1. The zero-order chi connectivity index (χ0) is 22.2. The molecule has 0 aliphatic carbocycles. The first kappa shape index (κ1) is 21.4. The van der Waals surface area contributed by atoms with Crippen LogP contribution in [0.15, 0.2) is 72.8 Å². The summed E-state index contributed by atoms with van der Waals surface area (Å²) in [7, 11) is 0. The number of H-pyrrole nitrogens is 1. The Morgan fingerprint density at radius 2 is 1.69 bits per heavy atom. The smallest absolute Gasteiger partial charge is 0.179 e. The van der Waals surface area contributed by atoms with Gasteiger partial charge in [0.1, 0.15) is 5.82 Å². The van der Waals surface area contributed by atoms with Crippen molar-refractivity contribution < 1.29 is 0 Å². The lowest BCUT2D eigenvalue weighted by Gasteiger charge is -2.07. The van der Waals surface area contributed by atoms with Crippen molar-refractivity contribution in [2.75, 3.05) is 0 Å². The van der Waals surface area contributed by atoms with Crippen molar-refractivity contribution in [1.82, 2.24) is 35.4 Å². The summed E-state index contributed by atoms with van der Waals surface area (Å²) in [5, 5.41) is 18.8. The number of nitrogens with zero attached hydrogens (tertiary/aromatic N) is 6. The zero-order valence-electron chi connectivity index (χ0n) is 18.4.